The summed E-state index contributed by atoms with van der Waals surface area (Å²) in [6.07, 6.45) is 7.92. The topological polar surface area (TPSA) is 65.4 Å². The van der Waals surface area contributed by atoms with Gasteiger partial charge in [0.15, 0.2) is 11.5 Å². The van der Waals surface area contributed by atoms with Crippen molar-refractivity contribution in [1.82, 2.24) is 9.55 Å². The maximum absolute atomic E-state index is 13.0. The van der Waals surface area contributed by atoms with Crippen LogP contribution in [0.25, 0.3) is 0 Å². The van der Waals surface area contributed by atoms with E-state index in [1.54, 1.807) is 6.20 Å². The number of aryl methyl sites for hydroxylation is 1. The molecule has 174 valence electrons. The molecule has 0 bridgehead atoms. The first-order valence-electron chi connectivity index (χ1n) is 11.6. The van der Waals surface area contributed by atoms with Gasteiger partial charge in [-0.25, -0.2) is 4.98 Å². The standard InChI is InChI=1S/C27H33N3O3/c1-27(2,3)22-8-6-20(7-9-22)21(5-4-13-30-14-12-28-19-30)17-26(31)29-23-10-11-24-25(18-23)33-16-15-32-24/h6-12,14,18-19,21H,4-5,13,15-17H2,1-3H3,(H,29,31). The molecule has 6 nitrogen and oxygen atoms in total. The number of hydrogen-bond acceptors (Lipinski definition) is 4. The molecule has 1 aromatic heterocycles. The van der Waals surface area contributed by atoms with Crippen LogP contribution < -0.4 is 14.8 Å². The maximum Gasteiger partial charge on any atom is 0.224 e. The molecule has 0 fully saturated rings. The van der Waals surface area contributed by atoms with Gasteiger partial charge in [0.05, 0.1) is 6.33 Å². The van der Waals surface area contributed by atoms with Crippen LogP contribution in [0, 0.1) is 0 Å². The van der Waals surface area contributed by atoms with E-state index in [9.17, 15) is 4.79 Å². The summed E-state index contributed by atoms with van der Waals surface area (Å²) in [4.78, 5) is 17.1. The summed E-state index contributed by atoms with van der Waals surface area (Å²) in [5, 5.41) is 3.04. The van der Waals surface area contributed by atoms with E-state index in [0.717, 1.165) is 30.8 Å². The van der Waals surface area contributed by atoms with Gasteiger partial charge in [-0.15, -0.1) is 0 Å². The molecule has 4 rings (SSSR count). The second-order valence-electron chi connectivity index (χ2n) is 9.62. The van der Waals surface area contributed by atoms with Crippen LogP contribution in [0.15, 0.2) is 61.2 Å². The zero-order chi connectivity index (χ0) is 23.3. The quantitative estimate of drug-likeness (QED) is 0.492. The number of carbonyl (C=O) groups is 1. The fourth-order valence-electron chi connectivity index (χ4n) is 4.14. The summed E-state index contributed by atoms with van der Waals surface area (Å²) in [6, 6.07) is 14.3. The van der Waals surface area contributed by atoms with Crippen molar-refractivity contribution in [3.05, 3.63) is 72.3 Å². The van der Waals surface area contributed by atoms with Crippen molar-refractivity contribution < 1.29 is 14.3 Å². The molecule has 33 heavy (non-hydrogen) atoms. The van der Waals surface area contributed by atoms with E-state index >= 15 is 0 Å². The number of aromatic nitrogens is 2. The van der Waals surface area contributed by atoms with Crippen molar-refractivity contribution in [3.8, 4) is 11.5 Å². The molecule has 0 saturated heterocycles. The average Bonchev–Trinajstić information content (AvgIpc) is 3.31. The molecule has 1 unspecified atom stereocenters. The van der Waals surface area contributed by atoms with Crippen molar-refractivity contribution in [1.29, 1.82) is 0 Å². The minimum Gasteiger partial charge on any atom is -0.486 e. The Bertz CT molecular complexity index is 1050. The molecule has 2 heterocycles. The number of nitrogens with zero attached hydrogens (tertiary/aromatic N) is 2. The molecule has 6 heteroatoms. The minimum absolute atomic E-state index is 0.000735. The Morgan fingerprint density at radius 2 is 1.85 bits per heavy atom. The molecule has 1 aliphatic heterocycles. The Morgan fingerprint density at radius 3 is 2.55 bits per heavy atom. The SMILES string of the molecule is CC(C)(C)c1ccc(C(CCCn2ccnc2)CC(=O)Nc2ccc3c(c2)OCCO3)cc1. The molecule has 1 aliphatic rings. The summed E-state index contributed by atoms with van der Waals surface area (Å²) in [5.41, 5.74) is 3.32. The molecule has 0 spiro atoms. The normalized spacial score (nSPS) is 14.0. The first-order chi connectivity index (χ1) is 15.9. The molecule has 1 N–H and O–H groups in total. The Labute approximate surface area is 195 Å². The third-order valence-electron chi connectivity index (χ3n) is 6.03. The largest absolute Gasteiger partial charge is 0.486 e. The molecular formula is C27H33N3O3. The van der Waals surface area contributed by atoms with Gasteiger partial charge < -0.3 is 19.4 Å². The molecule has 0 saturated carbocycles. The highest BCUT2D eigenvalue weighted by Gasteiger charge is 2.19. The van der Waals surface area contributed by atoms with Crippen molar-refractivity contribution in [2.75, 3.05) is 18.5 Å². The van der Waals surface area contributed by atoms with Gasteiger partial charge in [0.1, 0.15) is 13.2 Å². The number of carbonyl (C=O) groups excluding carboxylic acids is 1. The van der Waals surface area contributed by atoms with E-state index in [0.29, 0.717) is 25.4 Å². The lowest BCUT2D eigenvalue weighted by Crippen LogP contribution is -2.18. The summed E-state index contributed by atoms with van der Waals surface area (Å²) >= 11 is 0. The lowest BCUT2D eigenvalue weighted by molar-refractivity contribution is -0.116. The molecule has 1 atom stereocenters. The van der Waals surface area contributed by atoms with Gasteiger partial charge in [0.2, 0.25) is 5.91 Å². The van der Waals surface area contributed by atoms with Crippen LogP contribution in [0.4, 0.5) is 5.69 Å². The van der Waals surface area contributed by atoms with Crippen molar-refractivity contribution in [2.24, 2.45) is 0 Å². The molecule has 0 radical (unpaired) electrons. The number of imidazole rings is 1. The predicted molar refractivity (Wildman–Crippen MR) is 130 cm³/mol. The number of nitrogens with one attached hydrogen (secondary N) is 1. The summed E-state index contributed by atoms with van der Waals surface area (Å²) in [6.45, 7) is 8.60. The fraction of sp³-hybridized carbons (Fsp3) is 0.407. The van der Waals surface area contributed by atoms with Gasteiger partial charge in [-0.2, -0.15) is 0 Å². The van der Waals surface area contributed by atoms with Crippen LogP contribution in [0.3, 0.4) is 0 Å². The lowest BCUT2D eigenvalue weighted by atomic mass is 9.84. The minimum atomic E-state index is -0.000735. The van der Waals surface area contributed by atoms with Gasteiger partial charge in [0.25, 0.3) is 0 Å². The van der Waals surface area contributed by atoms with Crippen molar-refractivity contribution in [2.45, 2.75) is 57.9 Å². The number of anilines is 1. The van der Waals surface area contributed by atoms with Crippen LogP contribution in [-0.4, -0.2) is 28.7 Å². The van der Waals surface area contributed by atoms with E-state index in [4.69, 9.17) is 9.47 Å². The van der Waals surface area contributed by atoms with Gasteiger partial charge in [-0.05, 0) is 47.4 Å². The fourth-order valence-corrected chi connectivity index (χ4v) is 4.14. The first-order valence-corrected chi connectivity index (χ1v) is 11.6. The molecule has 1 amide bonds. The van der Waals surface area contributed by atoms with E-state index in [2.05, 4.69) is 59.9 Å². The zero-order valence-corrected chi connectivity index (χ0v) is 19.7. The Kier molecular flexibility index (Phi) is 7.02. The summed E-state index contributed by atoms with van der Waals surface area (Å²) < 4.78 is 13.3. The summed E-state index contributed by atoms with van der Waals surface area (Å²) in [7, 11) is 0. The highest BCUT2D eigenvalue weighted by molar-refractivity contribution is 5.91. The summed E-state index contributed by atoms with van der Waals surface area (Å²) in [5.74, 6) is 1.53. The molecule has 2 aromatic carbocycles. The predicted octanol–water partition coefficient (Wildman–Crippen LogP) is 5.54. The number of amides is 1. The van der Waals surface area contributed by atoms with Gasteiger partial charge >= 0.3 is 0 Å². The third-order valence-corrected chi connectivity index (χ3v) is 6.03. The van der Waals surface area contributed by atoms with E-state index in [1.807, 2.05) is 30.7 Å². The Balaban J connectivity index is 1.44. The molecular weight excluding hydrogens is 414 g/mol. The van der Waals surface area contributed by atoms with Gasteiger partial charge in [0, 0.05) is 37.1 Å². The number of ether oxygens (including phenoxy) is 2. The van der Waals surface area contributed by atoms with Crippen molar-refractivity contribution in [3.63, 3.8) is 0 Å². The second-order valence-corrected chi connectivity index (χ2v) is 9.62. The number of rotatable bonds is 8. The highest BCUT2D eigenvalue weighted by atomic mass is 16.6. The maximum atomic E-state index is 13.0. The van der Waals surface area contributed by atoms with Crippen LogP contribution in [0.2, 0.25) is 0 Å². The van der Waals surface area contributed by atoms with E-state index < -0.39 is 0 Å². The van der Waals surface area contributed by atoms with Crippen LogP contribution in [0.1, 0.15) is 57.1 Å². The molecule has 0 aliphatic carbocycles. The monoisotopic (exact) mass is 447 g/mol. The molecule has 3 aromatic rings. The zero-order valence-electron chi connectivity index (χ0n) is 19.7. The van der Waals surface area contributed by atoms with E-state index in [-0.39, 0.29) is 17.2 Å². The third kappa shape index (κ3) is 6.15. The van der Waals surface area contributed by atoms with Crippen LogP contribution in [-0.2, 0) is 16.8 Å². The van der Waals surface area contributed by atoms with E-state index in [1.165, 1.54) is 11.1 Å². The number of fused-ring (bicyclic) bond motifs is 1. The Morgan fingerprint density at radius 1 is 1.09 bits per heavy atom. The van der Waals surface area contributed by atoms with Crippen LogP contribution in [0.5, 0.6) is 11.5 Å². The highest BCUT2D eigenvalue weighted by Crippen LogP contribution is 2.33. The van der Waals surface area contributed by atoms with Gasteiger partial charge in [-0.1, -0.05) is 45.0 Å². The second kappa shape index (κ2) is 10.1. The number of hydrogen-bond donors (Lipinski definition) is 1. The van der Waals surface area contributed by atoms with Gasteiger partial charge in [-0.3, -0.25) is 4.79 Å². The lowest BCUT2D eigenvalue weighted by Gasteiger charge is -2.22. The smallest absolute Gasteiger partial charge is 0.224 e. The Hall–Kier alpha value is -3.28. The first kappa shape index (κ1) is 22.9. The van der Waals surface area contributed by atoms with Crippen LogP contribution >= 0.6 is 0 Å². The number of benzene rings is 2. The average molecular weight is 448 g/mol. The van der Waals surface area contributed by atoms with Crippen molar-refractivity contribution >= 4 is 11.6 Å².